The summed E-state index contributed by atoms with van der Waals surface area (Å²) in [7, 11) is 1.27. The third-order valence-electron chi connectivity index (χ3n) is 7.87. The molecular formula is C29H26Cl2N4O5. The minimum atomic E-state index is -0.546. The smallest absolute Gasteiger partial charge is 0.337 e. The third kappa shape index (κ3) is 4.92. The molecule has 9 nitrogen and oxygen atoms in total. The van der Waals surface area contributed by atoms with Gasteiger partial charge in [-0.05, 0) is 62.4 Å². The van der Waals surface area contributed by atoms with E-state index in [1.54, 1.807) is 24.3 Å². The van der Waals surface area contributed by atoms with Gasteiger partial charge in [0.15, 0.2) is 0 Å². The van der Waals surface area contributed by atoms with Crippen LogP contribution in [0.2, 0.25) is 10.0 Å². The van der Waals surface area contributed by atoms with Crippen LogP contribution in [0.4, 0.5) is 10.5 Å². The van der Waals surface area contributed by atoms with Gasteiger partial charge in [0, 0.05) is 29.1 Å². The van der Waals surface area contributed by atoms with Gasteiger partial charge in [-0.1, -0.05) is 34.4 Å². The first kappa shape index (κ1) is 26.6. The molecular weight excluding hydrogens is 555 g/mol. The highest BCUT2D eigenvalue weighted by molar-refractivity contribution is 6.39. The molecule has 3 heterocycles. The Morgan fingerprint density at radius 3 is 2.52 bits per heavy atom. The zero-order chi connectivity index (χ0) is 28.0. The van der Waals surface area contributed by atoms with Gasteiger partial charge in [-0.2, -0.15) is 5.26 Å². The summed E-state index contributed by atoms with van der Waals surface area (Å²) in [5.74, 6) is 0.620. The summed E-state index contributed by atoms with van der Waals surface area (Å²) in [5, 5.41) is 17.7. The summed E-state index contributed by atoms with van der Waals surface area (Å²) in [6.07, 6.45) is 4.37. The van der Waals surface area contributed by atoms with Crippen LogP contribution in [-0.4, -0.2) is 47.4 Å². The van der Waals surface area contributed by atoms with E-state index in [-0.39, 0.29) is 35.3 Å². The van der Waals surface area contributed by atoms with Gasteiger partial charge in [0.2, 0.25) is 0 Å². The summed E-state index contributed by atoms with van der Waals surface area (Å²) in [6, 6.07) is 11.7. The molecule has 2 aliphatic carbocycles. The van der Waals surface area contributed by atoms with E-state index in [1.807, 2.05) is 11.0 Å². The fourth-order valence-electron chi connectivity index (χ4n) is 5.71. The first-order valence-electron chi connectivity index (χ1n) is 13.1. The highest BCUT2D eigenvalue weighted by Gasteiger charge is 2.48. The van der Waals surface area contributed by atoms with Gasteiger partial charge < -0.3 is 24.2 Å². The number of aromatic nitrogens is 1. The van der Waals surface area contributed by atoms with Crippen LogP contribution in [0.1, 0.15) is 65.3 Å². The molecule has 2 unspecified atom stereocenters. The zero-order valence-electron chi connectivity index (χ0n) is 21.7. The number of amides is 2. The Morgan fingerprint density at radius 1 is 1.15 bits per heavy atom. The minimum Gasteiger partial charge on any atom is -0.465 e. The van der Waals surface area contributed by atoms with Crippen molar-refractivity contribution in [3.63, 3.8) is 0 Å². The van der Waals surface area contributed by atoms with E-state index in [0.29, 0.717) is 52.4 Å². The number of nitrogens with zero attached hydrogens (tertiary/aromatic N) is 3. The van der Waals surface area contributed by atoms with Gasteiger partial charge in [0.25, 0.3) is 0 Å². The van der Waals surface area contributed by atoms with Gasteiger partial charge in [0.05, 0.1) is 46.7 Å². The molecule has 11 heteroatoms. The van der Waals surface area contributed by atoms with E-state index in [4.69, 9.17) is 37.2 Å². The molecule has 1 aromatic heterocycles. The van der Waals surface area contributed by atoms with Crippen LogP contribution in [0.3, 0.4) is 0 Å². The zero-order valence-corrected chi connectivity index (χ0v) is 23.2. The average molecular weight is 581 g/mol. The predicted octanol–water partition coefficient (Wildman–Crippen LogP) is 6.54. The van der Waals surface area contributed by atoms with Crippen molar-refractivity contribution in [2.45, 2.75) is 62.8 Å². The summed E-state index contributed by atoms with van der Waals surface area (Å²) >= 11 is 13.0. The van der Waals surface area contributed by atoms with Crippen molar-refractivity contribution in [1.29, 1.82) is 5.26 Å². The van der Waals surface area contributed by atoms with Crippen LogP contribution in [0.15, 0.2) is 40.9 Å². The molecule has 2 bridgehead atoms. The van der Waals surface area contributed by atoms with Crippen molar-refractivity contribution in [1.82, 2.24) is 10.1 Å². The molecule has 2 aliphatic heterocycles. The lowest BCUT2D eigenvalue weighted by Gasteiger charge is -2.54. The average Bonchev–Trinajstić information content (AvgIpc) is 3.71. The van der Waals surface area contributed by atoms with E-state index in [9.17, 15) is 14.9 Å². The number of rotatable bonds is 7. The fourth-order valence-corrected chi connectivity index (χ4v) is 6.29. The Bertz CT molecular complexity index is 1500. The lowest BCUT2D eigenvalue weighted by molar-refractivity contribution is -0.0837. The highest BCUT2D eigenvalue weighted by Crippen LogP contribution is 2.47. The van der Waals surface area contributed by atoms with Crippen molar-refractivity contribution in [3.8, 4) is 17.3 Å². The Balaban J connectivity index is 1.11. The van der Waals surface area contributed by atoms with E-state index >= 15 is 0 Å². The quantitative estimate of drug-likeness (QED) is 0.315. The van der Waals surface area contributed by atoms with E-state index in [2.05, 4.69) is 10.5 Å². The van der Waals surface area contributed by atoms with Gasteiger partial charge in [0.1, 0.15) is 17.5 Å². The standard InChI is InChI=1S/C29H26Cl2N4O5/c1-38-28(36)16-7-8-24(17(9-16)13-32)33-29(37)35-18-10-19(35)12-20(11-18)39-14-21-26(34-40-27(21)15-5-6-15)25-22(30)3-2-4-23(25)31/h2-4,7-9,15,18-20H,5-6,10-12,14H2,1H3,(H,33,37). The molecule has 2 saturated carbocycles. The second kappa shape index (κ2) is 10.8. The normalized spacial score (nSPS) is 21.4. The number of piperidine rings is 1. The van der Waals surface area contributed by atoms with Crippen molar-refractivity contribution in [2.24, 2.45) is 0 Å². The Morgan fingerprint density at radius 2 is 1.88 bits per heavy atom. The lowest BCUT2D eigenvalue weighted by atomic mass is 9.78. The number of carbonyl (C=O) groups excluding carboxylic acids is 2. The predicted molar refractivity (Wildman–Crippen MR) is 147 cm³/mol. The lowest BCUT2D eigenvalue weighted by Crippen LogP contribution is -2.65. The highest BCUT2D eigenvalue weighted by atomic mass is 35.5. The first-order valence-corrected chi connectivity index (χ1v) is 13.9. The van der Waals surface area contributed by atoms with Gasteiger partial charge in [-0.15, -0.1) is 0 Å². The molecule has 2 aromatic carbocycles. The molecule has 206 valence electrons. The van der Waals surface area contributed by atoms with Crippen molar-refractivity contribution in [3.05, 3.63) is 68.9 Å². The number of fused-ring (bicyclic) bond motifs is 2. The molecule has 2 saturated heterocycles. The molecule has 40 heavy (non-hydrogen) atoms. The number of benzene rings is 2. The maximum Gasteiger partial charge on any atom is 0.337 e. The Labute approximate surface area is 240 Å². The monoisotopic (exact) mass is 580 g/mol. The number of esters is 1. The largest absolute Gasteiger partial charge is 0.465 e. The fraction of sp³-hybridized carbons (Fsp3) is 0.379. The molecule has 4 fully saturated rings. The number of methoxy groups -OCH3 is 1. The number of hydrogen-bond acceptors (Lipinski definition) is 7. The Kier molecular flexibility index (Phi) is 7.17. The topological polar surface area (TPSA) is 118 Å². The van der Waals surface area contributed by atoms with Gasteiger partial charge in [-0.3, -0.25) is 0 Å². The molecule has 2 atom stereocenters. The number of ether oxygens (including phenoxy) is 2. The molecule has 7 rings (SSSR count). The van der Waals surface area contributed by atoms with E-state index in [0.717, 1.165) is 30.6 Å². The number of halogens is 2. The summed E-state index contributed by atoms with van der Waals surface area (Å²) < 4.78 is 16.8. The molecule has 1 N–H and O–H groups in total. The second-order valence-electron chi connectivity index (χ2n) is 10.4. The number of nitriles is 1. The molecule has 0 spiro atoms. The van der Waals surface area contributed by atoms with Crippen molar-refractivity contribution < 1.29 is 23.6 Å². The van der Waals surface area contributed by atoms with Crippen LogP contribution in [0, 0.1) is 11.3 Å². The van der Waals surface area contributed by atoms with E-state index < -0.39 is 5.97 Å². The van der Waals surface area contributed by atoms with Crippen molar-refractivity contribution in [2.75, 3.05) is 12.4 Å². The second-order valence-corrected chi connectivity index (χ2v) is 11.2. The summed E-state index contributed by atoms with van der Waals surface area (Å²) in [6.45, 7) is 0.320. The minimum absolute atomic E-state index is 0.0293. The van der Waals surface area contributed by atoms with E-state index in [1.165, 1.54) is 19.2 Å². The number of anilines is 1. The first-order chi connectivity index (χ1) is 19.4. The van der Waals surface area contributed by atoms with Crippen LogP contribution in [0.5, 0.6) is 0 Å². The van der Waals surface area contributed by atoms with Crippen molar-refractivity contribution >= 4 is 40.9 Å². The molecule has 0 radical (unpaired) electrons. The number of urea groups is 1. The number of carbonyl (C=O) groups is 2. The maximum atomic E-state index is 13.1. The van der Waals surface area contributed by atoms with Gasteiger partial charge in [-0.25, -0.2) is 9.59 Å². The SMILES string of the molecule is COC(=O)c1ccc(NC(=O)N2C3CC(OCc4c(-c5c(Cl)cccc5Cl)noc4C4CC4)CC2C3)c(C#N)c1. The Hall–Kier alpha value is -3.58. The number of nitrogens with one attached hydrogen (secondary N) is 1. The summed E-state index contributed by atoms with van der Waals surface area (Å²) in [4.78, 5) is 26.7. The molecule has 3 aromatic rings. The molecule has 2 amide bonds. The molecule has 4 aliphatic rings. The van der Waals surface area contributed by atoms with Crippen LogP contribution in [-0.2, 0) is 16.1 Å². The summed E-state index contributed by atoms with van der Waals surface area (Å²) in [5.41, 5.74) is 2.93. The van der Waals surface area contributed by atoms with Crippen LogP contribution in [0.25, 0.3) is 11.3 Å². The number of hydrogen-bond donors (Lipinski definition) is 1. The van der Waals surface area contributed by atoms with Gasteiger partial charge >= 0.3 is 12.0 Å². The van der Waals surface area contributed by atoms with Crippen LogP contribution >= 0.6 is 23.2 Å². The maximum absolute atomic E-state index is 13.1. The van der Waals surface area contributed by atoms with Crippen LogP contribution < -0.4 is 5.32 Å². The third-order valence-corrected chi connectivity index (χ3v) is 8.50.